The van der Waals surface area contributed by atoms with Crippen LogP contribution in [0.4, 0.5) is 0 Å². The average Bonchev–Trinajstić information content (AvgIpc) is 3.66. The molecule has 0 radical (unpaired) electrons. The largest absolute Gasteiger partial charge is 0.493 e. The number of aromatic nitrogens is 4. The summed E-state index contributed by atoms with van der Waals surface area (Å²) in [7, 11) is 3.34. The van der Waals surface area contributed by atoms with Crippen molar-refractivity contribution in [1.29, 1.82) is 0 Å². The molecule has 0 amide bonds. The van der Waals surface area contributed by atoms with Crippen molar-refractivity contribution >= 4 is 38.4 Å². The molecular formula is C34H37N5O4S. The number of carbonyl (C=O) groups is 1. The second-order valence-corrected chi connectivity index (χ2v) is 13.7. The monoisotopic (exact) mass is 611 g/mol. The fourth-order valence-electron chi connectivity index (χ4n) is 6.90. The lowest BCUT2D eigenvalue weighted by molar-refractivity contribution is -0.151. The van der Waals surface area contributed by atoms with E-state index in [-0.39, 0.29) is 23.9 Å². The van der Waals surface area contributed by atoms with Crippen LogP contribution < -0.4 is 4.74 Å². The maximum absolute atomic E-state index is 13.4. The second kappa shape index (κ2) is 10.9. The Morgan fingerprint density at radius 3 is 2.80 bits per heavy atom. The van der Waals surface area contributed by atoms with Crippen LogP contribution in [0, 0.1) is 18.3 Å². The molecule has 0 unspecified atom stereocenters. The number of ether oxygens (including phenoxy) is 2. The zero-order valence-corrected chi connectivity index (χ0v) is 26.5. The highest BCUT2D eigenvalue weighted by Gasteiger charge is 2.42. The maximum atomic E-state index is 13.4. The molecule has 3 aromatic heterocycles. The molecule has 1 fully saturated rings. The summed E-state index contributed by atoms with van der Waals surface area (Å²) in [6, 6.07) is 14.2. The third kappa shape index (κ3) is 4.99. The Hall–Kier alpha value is -4.02. The molecule has 0 saturated heterocycles. The van der Waals surface area contributed by atoms with Gasteiger partial charge in [0, 0.05) is 43.4 Å². The fraction of sp³-hybridized carbons (Fsp3) is 0.412. The van der Waals surface area contributed by atoms with Gasteiger partial charge in [-0.3, -0.25) is 9.69 Å². The third-order valence-corrected chi connectivity index (χ3v) is 10.4. The Morgan fingerprint density at radius 1 is 1.20 bits per heavy atom. The van der Waals surface area contributed by atoms with E-state index in [1.54, 1.807) is 22.1 Å². The molecule has 1 aliphatic heterocycles. The number of esters is 1. The van der Waals surface area contributed by atoms with Crippen LogP contribution in [0.1, 0.15) is 60.6 Å². The highest BCUT2D eigenvalue weighted by atomic mass is 32.1. The molecule has 1 N–H and O–H groups in total. The quantitative estimate of drug-likeness (QED) is 0.221. The van der Waals surface area contributed by atoms with E-state index in [2.05, 4.69) is 56.8 Å². The Kier molecular flexibility index (Phi) is 7.09. The van der Waals surface area contributed by atoms with E-state index < -0.39 is 5.41 Å². The molecule has 228 valence electrons. The second-order valence-electron chi connectivity index (χ2n) is 12.8. The van der Waals surface area contributed by atoms with Crippen molar-refractivity contribution in [3.63, 3.8) is 0 Å². The number of rotatable bonds is 7. The summed E-state index contributed by atoms with van der Waals surface area (Å²) in [5, 5.41) is 22.1. The number of carbonyl (C=O) groups excluding carboxylic acids is 1. The van der Waals surface area contributed by atoms with Gasteiger partial charge in [-0.1, -0.05) is 17.3 Å². The number of aromatic hydroxyl groups is 1. The van der Waals surface area contributed by atoms with Crippen LogP contribution >= 0.6 is 11.3 Å². The number of pyridine rings is 1. The first kappa shape index (κ1) is 28.7. The minimum absolute atomic E-state index is 0.00291. The summed E-state index contributed by atoms with van der Waals surface area (Å²) in [6.07, 6.45) is 2.42. The van der Waals surface area contributed by atoms with Crippen molar-refractivity contribution < 1.29 is 19.4 Å². The van der Waals surface area contributed by atoms with Gasteiger partial charge in [0.2, 0.25) is 5.88 Å². The van der Waals surface area contributed by atoms with Gasteiger partial charge in [-0.25, -0.2) is 9.67 Å². The lowest BCUT2D eigenvalue weighted by Crippen LogP contribution is -2.34. The van der Waals surface area contributed by atoms with Crippen LogP contribution in [0.5, 0.6) is 11.6 Å². The standard InChI is InChI=1S/C34H37N5O4S/c1-19-24(8-9-26-31(19)36-37-38(26)4)30(34(2,3)33(41)42-5)22-14-21-12-13-44-32(21)23(15-22)16-39-17-25-27(10-11-29(40)35-25)43-28(18-39)20-6-7-20/h8-15,20,28,30H,6-7,16-18H2,1-5H3,(H,35,40)/t28-,30-/m0/s1. The molecule has 2 aliphatic rings. The number of methoxy groups -OCH3 is 1. The Morgan fingerprint density at radius 2 is 2.02 bits per heavy atom. The van der Waals surface area contributed by atoms with Crippen molar-refractivity contribution in [3.8, 4) is 11.6 Å². The molecular weight excluding hydrogens is 574 g/mol. The topological polar surface area (TPSA) is 103 Å². The molecule has 9 nitrogen and oxygen atoms in total. The molecule has 1 aliphatic carbocycles. The fourth-order valence-corrected chi connectivity index (χ4v) is 7.79. The molecule has 0 spiro atoms. The Bertz CT molecular complexity index is 1890. The minimum atomic E-state index is -0.871. The molecule has 4 heterocycles. The number of aryl methyl sites for hydroxylation is 2. The number of fused-ring (bicyclic) bond motifs is 3. The Labute approximate surface area is 260 Å². The van der Waals surface area contributed by atoms with Gasteiger partial charge in [-0.15, -0.1) is 16.4 Å². The van der Waals surface area contributed by atoms with E-state index >= 15 is 0 Å². The van der Waals surface area contributed by atoms with Crippen LogP contribution in [0.25, 0.3) is 21.1 Å². The number of thiophene rings is 1. The predicted octanol–water partition coefficient (Wildman–Crippen LogP) is 6.10. The number of nitrogens with zero attached hydrogens (tertiary/aromatic N) is 5. The first-order chi connectivity index (χ1) is 21.1. The molecule has 0 bridgehead atoms. The minimum Gasteiger partial charge on any atom is -0.493 e. The first-order valence-electron chi connectivity index (χ1n) is 15.1. The normalized spacial score (nSPS) is 18.2. The number of hydrogen-bond donors (Lipinski definition) is 1. The summed E-state index contributed by atoms with van der Waals surface area (Å²) < 4.78 is 14.8. The lowest BCUT2D eigenvalue weighted by atomic mass is 9.69. The summed E-state index contributed by atoms with van der Waals surface area (Å²) in [5.41, 5.74) is 5.93. The zero-order valence-electron chi connectivity index (χ0n) is 25.7. The molecule has 7 rings (SSSR count). The van der Waals surface area contributed by atoms with Gasteiger partial charge in [0.1, 0.15) is 23.1 Å². The molecule has 1 saturated carbocycles. The van der Waals surface area contributed by atoms with Gasteiger partial charge in [-0.05, 0) is 96.8 Å². The van der Waals surface area contributed by atoms with Crippen molar-refractivity contribution in [2.45, 2.75) is 58.7 Å². The van der Waals surface area contributed by atoms with Gasteiger partial charge in [0.05, 0.1) is 18.0 Å². The van der Waals surface area contributed by atoms with Gasteiger partial charge < -0.3 is 14.6 Å². The van der Waals surface area contributed by atoms with Crippen LogP contribution in [0.3, 0.4) is 0 Å². The molecule has 44 heavy (non-hydrogen) atoms. The van der Waals surface area contributed by atoms with Gasteiger partial charge >= 0.3 is 5.97 Å². The molecule has 2 atom stereocenters. The van der Waals surface area contributed by atoms with Crippen molar-refractivity contribution in [1.82, 2.24) is 24.9 Å². The summed E-state index contributed by atoms with van der Waals surface area (Å²) in [5.74, 6) is 0.729. The predicted molar refractivity (Wildman–Crippen MR) is 170 cm³/mol. The van der Waals surface area contributed by atoms with E-state index in [1.807, 2.05) is 33.0 Å². The Balaban J connectivity index is 1.34. The molecule has 5 aromatic rings. The van der Waals surface area contributed by atoms with Gasteiger partial charge in [-0.2, -0.15) is 0 Å². The van der Waals surface area contributed by atoms with E-state index in [1.165, 1.54) is 30.2 Å². The van der Waals surface area contributed by atoms with E-state index in [9.17, 15) is 9.90 Å². The van der Waals surface area contributed by atoms with Crippen LogP contribution in [-0.4, -0.2) is 55.7 Å². The summed E-state index contributed by atoms with van der Waals surface area (Å²) in [6.45, 7) is 8.01. The number of hydrogen-bond acceptors (Lipinski definition) is 9. The van der Waals surface area contributed by atoms with Gasteiger partial charge in [0.25, 0.3) is 0 Å². The molecule has 2 aromatic carbocycles. The van der Waals surface area contributed by atoms with Gasteiger partial charge in [0.15, 0.2) is 0 Å². The highest BCUT2D eigenvalue weighted by Crippen LogP contribution is 2.46. The SMILES string of the molecule is COC(=O)C(C)(C)[C@@H](c1cc(CN2Cc3nc(O)ccc3O[C@H](C3CC3)C2)c2sccc2c1)c1ccc2c(nnn2C)c1C. The van der Waals surface area contributed by atoms with E-state index in [0.717, 1.165) is 51.1 Å². The smallest absolute Gasteiger partial charge is 0.312 e. The summed E-state index contributed by atoms with van der Waals surface area (Å²) >= 11 is 1.73. The molecule has 10 heteroatoms. The maximum Gasteiger partial charge on any atom is 0.312 e. The first-order valence-corrected chi connectivity index (χ1v) is 16.0. The van der Waals surface area contributed by atoms with Crippen LogP contribution in [0.15, 0.2) is 47.8 Å². The van der Waals surface area contributed by atoms with Crippen LogP contribution in [-0.2, 0) is 29.7 Å². The lowest BCUT2D eigenvalue weighted by Gasteiger charge is -2.34. The zero-order chi connectivity index (χ0) is 30.7. The van der Waals surface area contributed by atoms with Crippen molar-refractivity contribution in [2.75, 3.05) is 13.7 Å². The third-order valence-electron chi connectivity index (χ3n) is 9.36. The number of benzene rings is 2. The summed E-state index contributed by atoms with van der Waals surface area (Å²) in [4.78, 5) is 20.2. The van der Waals surface area contributed by atoms with E-state index in [4.69, 9.17) is 9.47 Å². The van der Waals surface area contributed by atoms with Crippen LogP contribution in [0.2, 0.25) is 0 Å². The van der Waals surface area contributed by atoms with Crippen molar-refractivity contribution in [3.05, 3.63) is 75.8 Å². The van der Waals surface area contributed by atoms with Crippen molar-refractivity contribution in [2.24, 2.45) is 18.4 Å². The van der Waals surface area contributed by atoms with E-state index in [0.29, 0.717) is 19.0 Å². The highest BCUT2D eigenvalue weighted by molar-refractivity contribution is 7.17. The average molecular weight is 612 g/mol.